The van der Waals surface area contributed by atoms with Crippen molar-refractivity contribution in [1.82, 2.24) is 15.5 Å². The summed E-state index contributed by atoms with van der Waals surface area (Å²) < 4.78 is 5.24. The molecule has 0 fully saturated rings. The molecule has 7 heteroatoms. The smallest absolute Gasteiger partial charge is 0.191 e. The number of hydrogen-bond acceptors (Lipinski definition) is 4. The molecule has 0 saturated carbocycles. The van der Waals surface area contributed by atoms with E-state index in [2.05, 4.69) is 64.3 Å². The molecule has 2 aromatic rings. The molecule has 0 aliphatic heterocycles. The van der Waals surface area contributed by atoms with Gasteiger partial charge in [0.05, 0.1) is 13.2 Å². The summed E-state index contributed by atoms with van der Waals surface area (Å²) in [7, 11) is 7.66. The van der Waals surface area contributed by atoms with E-state index >= 15 is 0 Å². The molecule has 5 nitrogen and oxygen atoms in total. The fourth-order valence-corrected chi connectivity index (χ4v) is 3.31. The van der Waals surface area contributed by atoms with Gasteiger partial charge in [-0.2, -0.15) is 0 Å². The molecular weight excluding hydrogens is 459 g/mol. The van der Waals surface area contributed by atoms with Crippen LogP contribution in [0.2, 0.25) is 0 Å². The van der Waals surface area contributed by atoms with Gasteiger partial charge in [-0.3, -0.25) is 4.99 Å². The van der Waals surface area contributed by atoms with E-state index in [0.29, 0.717) is 0 Å². The molecule has 1 aromatic carbocycles. The van der Waals surface area contributed by atoms with Crippen LogP contribution in [0.3, 0.4) is 0 Å². The Kier molecular flexibility index (Phi) is 10.6. The van der Waals surface area contributed by atoms with Crippen LogP contribution in [0.5, 0.6) is 5.75 Å². The highest BCUT2D eigenvalue weighted by Gasteiger charge is 2.14. The first-order valence-electron chi connectivity index (χ1n) is 8.41. The highest BCUT2D eigenvalue weighted by atomic mass is 127. The van der Waals surface area contributed by atoms with Crippen LogP contribution in [0.15, 0.2) is 46.8 Å². The molecule has 144 valence electrons. The van der Waals surface area contributed by atoms with E-state index in [-0.39, 0.29) is 30.0 Å². The lowest BCUT2D eigenvalue weighted by molar-refractivity contribution is 0.298. The summed E-state index contributed by atoms with van der Waals surface area (Å²) in [6, 6.07) is 12.7. The monoisotopic (exact) mass is 488 g/mol. The van der Waals surface area contributed by atoms with Gasteiger partial charge in [-0.15, -0.1) is 35.3 Å². The van der Waals surface area contributed by atoms with Crippen molar-refractivity contribution in [3.05, 3.63) is 52.2 Å². The normalized spacial score (nSPS) is 12.4. The first-order valence-corrected chi connectivity index (χ1v) is 9.29. The Morgan fingerprint density at radius 1 is 1.19 bits per heavy atom. The van der Waals surface area contributed by atoms with Crippen molar-refractivity contribution in [2.45, 2.75) is 12.5 Å². The Balaban J connectivity index is 0.00000338. The molecule has 2 rings (SSSR count). The molecule has 1 heterocycles. The standard InChI is InChI=1S/C19H28N4OS.HI/c1-20-19(21-12-11-17-6-5-13-25-17)22-14-18(23(2)3)15-7-9-16(24-4)10-8-15;/h5-10,13,18H,11-12,14H2,1-4H3,(H2,20,21,22);1H. The molecule has 0 saturated heterocycles. The minimum absolute atomic E-state index is 0. The lowest BCUT2D eigenvalue weighted by Crippen LogP contribution is -2.42. The number of methoxy groups -OCH3 is 1. The number of thiophene rings is 1. The van der Waals surface area contributed by atoms with E-state index in [0.717, 1.165) is 31.2 Å². The van der Waals surface area contributed by atoms with Gasteiger partial charge in [-0.1, -0.05) is 18.2 Å². The number of guanidine groups is 1. The van der Waals surface area contributed by atoms with Crippen LogP contribution < -0.4 is 15.4 Å². The summed E-state index contributed by atoms with van der Waals surface area (Å²) in [5, 5.41) is 8.92. The number of benzene rings is 1. The van der Waals surface area contributed by atoms with E-state index in [9.17, 15) is 0 Å². The summed E-state index contributed by atoms with van der Waals surface area (Å²) in [5.74, 6) is 1.71. The van der Waals surface area contributed by atoms with E-state index < -0.39 is 0 Å². The minimum atomic E-state index is 0. The second kappa shape index (κ2) is 12.1. The molecule has 0 radical (unpaired) electrons. The molecule has 26 heavy (non-hydrogen) atoms. The Morgan fingerprint density at radius 2 is 1.92 bits per heavy atom. The zero-order valence-corrected chi connectivity index (χ0v) is 19.0. The number of aliphatic imine (C=N–C) groups is 1. The number of likely N-dealkylation sites (N-methyl/N-ethyl adjacent to an activating group) is 1. The predicted molar refractivity (Wildman–Crippen MR) is 122 cm³/mol. The van der Waals surface area contributed by atoms with Crippen LogP contribution in [0, 0.1) is 0 Å². The van der Waals surface area contributed by atoms with Crippen LogP contribution in [0.1, 0.15) is 16.5 Å². The molecule has 0 aliphatic carbocycles. The highest BCUT2D eigenvalue weighted by Crippen LogP contribution is 2.20. The number of ether oxygens (including phenoxy) is 1. The molecule has 0 amide bonds. The molecule has 0 spiro atoms. The van der Waals surface area contributed by atoms with Crippen molar-refractivity contribution < 1.29 is 4.74 Å². The quantitative estimate of drug-likeness (QED) is 0.340. The molecule has 1 atom stereocenters. The third kappa shape index (κ3) is 7.13. The topological polar surface area (TPSA) is 48.9 Å². The van der Waals surface area contributed by atoms with Gasteiger partial charge in [-0.05, 0) is 49.7 Å². The zero-order valence-electron chi connectivity index (χ0n) is 15.9. The van der Waals surface area contributed by atoms with Gasteiger partial charge >= 0.3 is 0 Å². The van der Waals surface area contributed by atoms with Crippen molar-refractivity contribution in [2.75, 3.05) is 41.3 Å². The number of nitrogens with zero attached hydrogens (tertiary/aromatic N) is 2. The summed E-state index contributed by atoms with van der Waals surface area (Å²) in [4.78, 5) is 7.90. The van der Waals surface area contributed by atoms with Crippen LogP contribution in [0.4, 0.5) is 0 Å². The predicted octanol–water partition coefficient (Wildman–Crippen LogP) is 3.39. The maximum Gasteiger partial charge on any atom is 0.191 e. The molecule has 2 N–H and O–H groups in total. The second-order valence-corrected chi connectivity index (χ2v) is 6.99. The van der Waals surface area contributed by atoms with Crippen LogP contribution in [-0.2, 0) is 6.42 Å². The van der Waals surface area contributed by atoms with Crippen molar-refractivity contribution in [1.29, 1.82) is 0 Å². The van der Waals surface area contributed by atoms with E-state index in [1.807, 2.05) is 12.1 Å². The van der Waals surface area contributed by atoms with Crippen LogP contribution in [0.25, 0.3) is 0 Å². The number of nitrogens with one attached hydrogen (secondary N) is 2. The van der Waals surface area contributed by atoms with E-state index in [4.69, 9.17) is 4.74 Å². The first-order chi connectivity index (χ1) is 12.1. The summed E-state index contributed by atoms with van der Waals surface area (Å²) in [6.45, 7) is 1.65. The fourth-order valence-electron chi connectivity index (χ4n) is 2.60. The molecule has 1 unspecified atom stereocenters. The van der Waals surface area contributed by atoms with E-state index in [1.165, 1.54) is 10.4 Å². The fraction of sp³-hybridized carbons (Fsp3) is 0.421. The van der Waals surface area contributed by atoms with Gasteiger partial charge in [0.25, 0.3) is 0 Å². The molecule has 1 aromatic heterocycles. The van der Waals surface area contributed by atoms with Crippen LogP contribution >= 0.6 is 35.3 Å². The van der Waals surface area contributed by atoms with Crippen molar-refractivity contribution in [3.8, 4) is 5.75 Å². The van der Waals surface area contributed by atoms with Gasteiger partial charge in [0.15, 0.2) is 5.96 Å². The largest absolute Gasteiger partial charge is 0.497 e. The maximum atomic E-state index is 5.24. The van der Waals surface area contributed by atoms with Gasteiger partial charge in [0.2, 0.25) is 0 Å². The first kappa shape index (κ1) is 22.7. The van der Waals surface area contributed by atoms with Gasteiger partial charge in [-0.25, -0.2) is 0 Å². The summed E-state index contributed by atoms with van der Waals surface area (Å²) >= 11 is 1.79. The third-order valence-electron chi connectivity index (χ3n) is 4.05. The third-order valence-corrected chi connectivity index (χ3v) is 4.99. The number of hydrogen-bond donors (Lipinski definition) is 2. The van der Waals surface area contributed by atoms with Gasteiger partial charge in [0.1, 0.15) is 5.75 Å². The summed E-state index contributed by atoms with van der Waals surface area (Å²) in [5.41, 5.74) is 1.24. The number of halogens is 1. The van der Waals surface area contributed by atoms with Crippen molar-refractivity contribution >= 4 is 41.3 Å². The van der Waals surface area contributed by atoms with Crippen LogP contribution in [-0.4, -0.2) is 52.2 Å². The number of rotatable bonds is 8. The Morgan fingerprint density at radius 3 is 2.46 bits per heavy atom. The average Bonchev–Trinajstić information content (AvgIpc) is 3.14. The van der Waals surface area contributed by atoms with Gasteiger partial charge < -0.3 is 20.3 Å². The summed E-state index contributed by atoms with van der Waals surface area (Å²) in [6.07, 6.45) is 1.01. The van der Waals surface area contributed by atoms with Gasteiger partial charge in [0, 0.05) is 25.0 Å². The lowest BCUT2D eigenvalue weighted by Gasteiger charge is -2.26. The maximum absolute atomic E-state index is 5.24. The second-order valence-electron chi connectivity index (χ2n) is 5.96. The highest BCUT2D eigenvalue weighted by molar-refractivity contribution is 14.0. The molecular formula is C19H29IN4OS. The SMILES string of the molecule is CN=C(NCCc1cccs1)NCC(c1ccc(OC)cc1)N(C)C.I. The lowest BCUT2D eigenvalue weighted by atomic mass is 10.1. The Bertz CT molecular complexity index is 644. The van der Waals surface area contributed by atoms with Crippen molar-refractivity contribution in [2.24, 2.45) is 4.99 Å². The Labute approximate surface area is 177 Å². The molecule has 0 bridgehead atoms. The van der Waals surface area contributed by atoms with E-state index in [1.54, 1.807) is 25.5 Å². The zero-order chi connectivity index (χ0) is 18.1. The minimum Gasteiger partial charge on any atom is -0.497 e. The Hall–Kier alpha value is -1.32. The average molecular weight is 488 g/mol. The molecule has 0 aliphatic rings. The van der Waals surface area contributed by atoms with Crippen molar-refractivity contribution in [3.63, 3.8) is 0 Å².